The predicted octanol–water partition coefficient (Wildman–Crippen LogP) is 15.0. The predicted molar refractivity (Wildman–Crippen MR) is 246 cm³/mol. The molecule has 1 spiro atoms. The van der Waals surface area contributed by atoms with Gasteiger partial charge in [-0.15, -0.1) is 0 Å². The second-order valence-corrected chi connectivity index (χ2v) is 17.3. The van der Waals surface area contributed by atoms with Gasteiger partial charge in [0.2, 0.25) is 0 Å². The number of nitrogens with zero attached hydrogens (tertiary/aromatic N) is 1. The molecular weight excluding hydrogens is 711 g/mol. The van der Waals surface area contributed by atoms with Crippen LogP contribution in [0.1, 0.15) is 53.1 Å². The van der Waals surface area contributed by atoms with E-state index in [1.54, 1.807) is 0 Å². The van der Waals surface area contributed by atoms with Crippen molar-refractivity contribution in [2.45, 2.75) is 30.6 Å². The van der Waals surface area contributed by atoms with Crippen LogP contribution in [0, 0.1) is 5.92 Å². The van der Waals surface area contributed by atoms with Gasteiger partial charge in [0.25, 0.3) is 0 Å². The molecule has 0 bridgehead atoms. The van der Waals surface area contributed by atoms with Crippen LogP contribution in [0.5, 0.6) is 0 Å². The molecule has 1 heteroatoms. The SMILES string of the molecule is CC1(C)c2cc(N(c3ccc(-c4ccccc4)cc3)c3ccc(-c4ccc5c(c4)C4(c6ccccc6-c6ccccc64)c4ccccc4-5)cc3)ccc2C2C=CC=CC21. The summed E-state index contributed by atoms with van der Waals surface area (Å²) in [4.78, 5) is 2.43. The molecule has 0 aromatic heterocycles. The zero-order chi connectivity index (χ0) is 39.3. The van der Waals surface area contributed by atoms with Crippen molar-refractivity contribution < 1.29 is 0 Å². The highest BCUT2D eigenvalue weighted by Crippen LogP contribution is 2.63. The molecule has 0 saturated heterocycles. The van der Waals surface area contributed by atoms with Crippen molar-refractivity contribution in [3.63, 3.8) is 0 Å². The molecule has 59 heavy (non-hydrogen) atoms. The second kappa shape index (κ2) is 12.8. The summed E-state index contributed by atoms with van der Waals surface area (Å²) in [5.41, 5.74) is 21.7. The molecule has 0 heterocycles. The summed E-state index contributed by atoms with van der Waals surface area (Å²) in [6, 6.07) is 70.4. The van der Waals surface area contributed by atoms with E-state index in [9.17, 15) is 0 Å². The highest BCUT2D eigenvalue weighted by Gasteiger charge is 2.51. The zero-order valence-corrected chi connectivity index (χ0v) is 33.3. The maximum Gasteiger partial charge on any atom is 0.0725 e. The van der Waals surface area contributed by atoms with Gasteiger partial charge in [-0.05, 0) is 132 Å². The van der Waals surface area contributed by atoms with E-state index >= 15 is 0 Å². The van der Waals surface area contributed by atoms with Gasteiger partial charge < -0.3 is 4.90 Å². The van der Waals surface area contributed by atoms with Crippen LogP contribution in [0.25, 0.3) is 44.5 Å². The van der Waals surface area contributed by atoms with E-state index in [1.165, 1.54) is 83.6 Å². The highest BCUT2D eigenvalue weighted by molar-refractivity contribution is 5.96. The molecular formula is C58H43N. The molecule has 280 valence electrons. The fraction of sp³-hybridized carbons (Fsp3) is 0.103. The Hall–Kier alpha value is -6.96. The molecule has 12 rings (SSSR count). The van der Waals surface area contributed by atoms with Crippen molar-refractivity contribution in [1.82, 2.24) is 0 Å². The van der Waals surface area contributed by atoms with Crippen molar-refractivity contribution in [3.8, 4) is 44.5 Å². The molecule has 0 N–H and O–H groups in total. The van der Waals surface area contributed by atoms with Crippen LogP contribution in [0.3, 0.4) is 0 Å². The summed E-state index contributed by atoms with van der Waals surface area (Å²) >= 11 is 0. The van der Waals surface area contributed by atoms with E-state index in [0.717, 1.165) is 11.4 Å². The number of benzene rings is 8. The van der Waals surface area contributed by atoms with Crippen LogP contribution >= 0.6 is 0 Å². The van der Waals surface area contributed by atoms with Crippen LogP contribution < -0.4 is 4.90 Å². The van der Waals surface area contributed by atoms with Gasteiger partial charge in [0, 0.05) is 23.0 Å². The number of rotatable bonds is 5. The Labute approximate surface area is 347 Å². The Morgan fingerprint density at radius 2 is 0.847 bits per heavy atom. The fourth-order valence-corrected chi connectivity index (χ4v) is 11.3. The number of fused-ring (bicyclic) bond motifs is 13. The van der Waals surface area contributed by atoms with Gasteiger partial charge in [-0.25, -0.2) is 0 Å². The van der Waals surface area contributed by atoms with Gasteiger partial charge in [-0.1, -0.05) is 184 Å². The topological polar surface area (TPSA) is 3.24 Å². The summed E-state index contributed by atoms with van der Waals surface area (Å²) < 4.78 is 0. The minimum atomic E-state index is -0.359. The first kappa shape index (κ1) is 34.1. The first-order valence-corrected chi connectivity index (χ1v) is 21.0. The van der Waals surface area contributed by atoms with Crippen molar-refractivity contribution in [2.75, 3.05) is 4.90 Å². The van der Waals surface area contributed by atoms with E-state index in [1.807, 2.05) is 0 Å². The minimum absolute atomic E-state index is 0.0227. The fourth-order valence-electron chi connectivity index (χ4n) is 11.3. The Balaban J connectivity index is 0.977. The Bertz CT molecular complexity index is 2950. The van der Waals surface area contributed by atoms with Gasteiger partial charge in [0.1, 0.15) is 0 Å². The lowest BCUT2D eigenvalue weighted by atomic mass is 9.70. The van der Waals surface area contributed by atoms with Gasteiger partial charge in [-0.3, -0.25) is 0 Å². The lowest BCUT2D eigenvalue weighted by Crippen LogP contribution is -2.25. The average molecular weight is 754 g/mol. The highest BCUT2D eigenvalue weighted by atomic mass is 15.1. The number of hydrogen-bond donors (Lipinski definition) is 0. The largest absolute Gasteiger partial charge is 0.310 e. The summed E-state index contributed by atoms with van der Waals surface area (Å²) in [5.74, 6) is 0.878. The first-order chi connectivity index (χ1) is 29.0. The van der Waals surface area contributed by atoms with Crippen LogP contribution in [0.15, 0.2) is 212 Å². The van der Waals surface area contributed by atoms with Crippen molar-refractivity contribution in [1.29, 1.82) is 0 Å². The number of allylic oxidation sites excluding steroid dienone is 4. The zero-order valence-electron chi connectivity index (χ0n) is 33.3. The third kappa shape index (κ3) is 4.85. The first-order valence-electron chi connectivity index (χ1n) is 21.0. The lowest BCUT2D eigenvalue weighted by Gasteiger charge is -2.31. The number of hydrogen-bond acceptors (Lipinski definition) is 1. The molecule has 2 unspecified atom stereocenters. The van der Waals surface area contributed by atoms with Crippen molar-refractivity contribution in [2.24, 2.45) is 5.92 Å². The van der Waals surface area contributed by atoms with E-state index < -0.39 is 0 Å². The van der Waals surface area contributed by atoms with Gasteiger partial charge in [-0.2, -0.15) is 0 Å². The Kier molecular flexibility index (Phi) is 7.38. The van der Waals surface area contributed by atoms with Crippen LogP contribution in [-0.2, 0) is 10.8 Å². The minimum Gasteiger partial charge on any atom is -0.310 e. The van der Waals surface area contributed by atoms with Crippen LogP contribution in [0.2, 0.25) is 0 Å². The molecule has 0 aliphatic heterocycles. The average Bonchev–Trinajstić information content (AvgIpc) is 3.85. The maximum absolute atomic E-state index is 2.48. The maximum atomic E-state index is 2.48. The van der Waals surface area contributed by atoms with Crippen LogP contribution in [0.4, 0.5) is 17.1 Å². The van der Waals surface area contributed by atoms with Crippen molar-refractivity contribution >= 4 is 17.1 Å². The summed E-state index contributed by atoms with van der Waals surface area (Å²) in [5, 5.41) is 0. The van der Waals surface area contributed by atoms with E-state index in [4.69, 9.17) is 0 Å². The Morgan fingerprint density at radius 1 is 0.373 bits per heavy atom. The molecule has 0 fully saturated rings. The van der Waals surface area contributed by atoms with E-state index in [-0.39, 0.29) is 10.8 Å². The number of anilines is 3. The molecule has 1 nitrogen and oxygen atoms in total. The van der Waals surface area contributed by atoms with Crippen molar-refractivity contribution in [3.05, 3.63) is 246 Å². The smallest absolute Gasteiger partial charge is 0.0725 e. The second-order valence-electron chi connectivity index (χ2n) is 17.3. The van der Waals surface area contributed by atoms with E-state index in [0.29, 0.717) is 11.8 Å². The van der Waals surface area contributed by atoms with Crippen LogP contribution in [-0.4, -0.2) is 0 Å². The normalized spacial score (nSPS) is 17.8. The molecule has 4 aliphatic carbocycles. The van der Waals surface area contributed by atoms with Gasteiger partial charge in [0.05, 0.1) is 5.41 Å². The van der Waals surface area contributed by atoms with Gasteiger partial charge in [0.15, 0.2) is 0 Å². The molecule has 0 amide bonds. The molecule has 2 atom stereocenters. The third-order valence-corrected chi connectivity index (χ3v) is 14.0. The standard InChI is InChI=1S/C58H43N/c1-57(2)51-20-10-6-16-45(51)49-35-33-44(37-55(49)57)59(42-29-24-39(25-30-42)38-14-4-3-5-15-38)43-31-26-40(27-32-43)41-28-34-50-48-19-9-13-23-54(48)58(56(50)36-41)52-21-11-7-17-46(52)47-18-8-12-22-53(47)58/h3-37,45,51H,1-2H3. The molecule has 4 aliphatic rings. The quantitative estimate of drug-likeness (QED) is 0.169. The molecule has 0 saturated carbocycles. The summed E-state index contributed by atoms with van der Waals surface area (Å²) in [6.07, 6.45) is 9.24. The monoisotopic (exact) mass is 753 g/mol. The Morgan fingerprint density at radius 3 is 1.46 bits per heavy atom. The molecule has 8 aromatic carbocycles. The third-order valence-electron chi connectivity index (χ3n) is 14.0. The van der Waals surface area contributed by atoms with Gasteiger partial charge >= 0.3 is 0 Å². The molecule has 8 aromatic rings. The lowest BCUT2D eigenvalue weighted by molar-refractivity contribution is 0.394. The summed E-state index contributed by atoms with van der Waals surface area (Å²) in [7, 11) is 0. The molecule has 0 radical (unpaired) electrons. The summed E-state index contributed by atoms with van der Waals surface area (Å²) in [6.45, 7) is 4.83. The van der Waals surface area contributed by atoms with E-state index in [2.05, 4.69) is 231 Å².